The van der Waals surface area contributed by atoms with Crippen LogP contribution >= 0.6 is 0 Å². The van der Waals surface area contributed by atoms with Crippen molar-refractivity contribution < 1.29 is 23.1 Å². The van der Waals surface area contributed by atoms with Crippen LogP contribution in [0.4, 0.5) is 13.2 Å². The predicted octanol–water partition coefficient (Wildman–Crippen LogP) is 0.858. The molecule has 0 amide bonds. The molecule has 84 valence electrons. The Morgan fingerprint density at radius 2 is 2.20 bits per heavy atom. The Morgan fingerprint density at radius 1 is 1.53 bits per heavy atom. The van der Waals surface area contributed by atoms with Crippen LogP contribution < -0.4 is 0 Å². The number of aliphatic carboxylic acids is 1. The van der Waals surface area contributed by atoms with Gasteiger partial charge in [0, 0.05) is 6.42 Å². The lowest BCUT2D eigenvalue weighted by molar-refractivity contribution is -0.141. The third kappa shape index (κ3) is 3.96. The Kier molecular flexibility index (Phi) is 3.28. The van der Waals surface area contributed by atoms with Gasteiger partial charge in [0.15, 0.2) is 0 Å². The molecule has 1 aromatic heterocycles. The van der Waals surface area contributed by atoms with Crippen LogP contribution in [-0.2, 0) is 17.8 Å². The smallest absolute Gasteiger partial charge is 0.406 e. The number of rotatable bonds is 4. The Labute approximate surface area is 82.5 Å². The summed E-state index contributed by atoms with van der Waals surface area (Å²) in [5.41, 5.74) is 0. The van der Waals surface area contributed by atoms with Gasteiger partial charge in [0.1, 0.15) is 18.7 Å². The number of carboxylic acids is 1. The summed E-state index contributed by atoms with van der Waals surface area (Å²) in [4.78, 5) is 10.2. The molecule has 5 nitrogen and oxygen atoms in total. The summed E-state index contributed by atoms with van der Waals surface area (Å²) in [6, 6.07) is 0. The van der Waals surface area contributed by atoms with Crippen molar-refractivity contribution in [1.82, 2.24) is 14.8 Å². The van der Waals surface area contributed by atoms with E-state index in [1.165, 1.54) is 0 Å². The van der Waals surface area contributed by atoms with Gasteiger partial charge in [0.05, 0.1) is 6.42 Å². The van der Waals surface area contributed by atoms with Crippen LogP contribution in [0, 0.1) is 0 Å². The fraction of sp³-hybridized carbons (Fsp3) is 0.571. The molecule has 0 unspecified atom stereocenters. The van der Waals surface area contributed by atoms with E-state index in [-0.39, 0.29) is 18.7 Å². The van der Waals surface area contributed by atoms with E-state index in [4.69, 9.17) is 5.11 Å². The maximum absolute atomic E-state index is 12.0. The Hall–Kier alpha value is -1.60. The maximum Gasteiger partial charge on any atom is 0.406 e. The molecule has 15 heavy (non-hydrogen) atoms. The molecular weight excluding hydrogens is 215 g/mol. The molecule has 0 spiro atoms. The molecule has 8 heteroatoms. The van der Waals surface area contributed by atoms with E-state index < -0.39 is 18.7 Å². The number of hydrogen-bond donors (Lipinski definition) is 1. The monoisotopic (exact) mass is 223 g/mol. The lowest BCUT2D eigenvalue weighted by Crippen LogP contribution is -2.19. The number of halogens is 3. The first-order chi connectivity index (χ1) is 6.88. The van der Waals surface area contributed by atoms with Gasteiger partial charge < -0.3 is 9.67 Å². The van der Waals surface area contributed by atoms with Gasteiger partial charge in [-0.15, -0.1) is 10.2 Å². The van der Waals surface area contributed by atoms with Crippen molar-refractivity contribution in [2.24, 2.45) is 0 Å². The molecule has 0 aliphatic rings. The molecule has 0 aliphatic heterocycles. The van der Waals surface area contributed by atoms with Crippen LogP contribution in [0.15, 0.2) is 6.33 Å². The van der Waals surface area contributed by atoms with E-state index in [2.05, 4.69) is 10.2 Å². The molecule has 0 bridgehead atoms. The van der Waals surface area contributed by atoms with E-state index in [9.17, 15) is 18.0 Å². The van der Waals surface area contributed by atoms with Gasteiger partial charge in [-0.1, -0.05) is 0 Å². The summed E-state index contributed by atoms with van der Waals surface area (Å²) >= 11 is 0. The summed E-state index contributed by atoms with van der Waals surface area (Å²) in [6.45, 7) is -1.20. The van der Waals surface area contributed by atoms with Crippen molar-refractivity contribution in [2.45, 2.75) is 25.6 Å². The number of hydrogen-bond acceptors (Lipinski definition) is 3. The van der Waals surface area contributed by atoms with E-state index in [1.54, 1.807) is 0 Å². The second-order valence-electron chi connectivity index (χ2n) is 2.88. The van der Waals surface area contributed by atoms with Crippen molar-refractivity contribution in [3.63, 3.8) is 0 Å². The SMILES string of the molecule is O=C(O)CCc1nncn1CC(F)(F)F. The standard InChI is InChI=1S/C7H8F3N3O2/c8-7(9,10)3-13-4-11-12-5(13)1-2-6(14)15/h4H,1-3H2,(H,14,15). The minimum atomic E-state index is -4.36. The highest BCUT2D eigenvalue weighted by atomic mass is 19.4. The van der Waals surface area contributed by atoms with E-state index in [0.29, 0.717) is 0 Å². The number of nitrogens with zero attached hydrogens (tertiary/aromatic N) is 3. The summed E-state index contributed by atoms with van der Waals surface area (Å²) in [5, 5.41) is 15.1. The molecule has 0 saturated carbocycles. The minimum Gasteiger partial charge on any atom is -0.481 e. The zero-order chi connectivity index (χ0) is 11.5. The van der Waals surface area contributed by atoms with Gasteiger partial charge in [0.25, 0.3) is 0 Å². The highest BCUT2D eigenvalue weighted by Gasteiger charge is 2.29. The highest BCUT2D eigenvalue weighted by molar-refractivity contribution is 5.66. The Morgan fingerprint density at radius 3 is 2.73 bits per heavy atom. The van der Waals surface area contributed by atoms with Crippen LogP contribution in [-0.4, -0.2) is 32.0 Å². The number of carboxylic acid groups (broad SMARTS) is 1. The molecule has 0 atom stereocenters. The highest BCUT2D eigenvalue weighted by Crippen LogP contribution is 2.18. The first-order valence-electron chi connectivity index (χ1n) is 4.04. The zero-order valence-corrected chi connectivity index (χ0v) is 7.53. The molecule has 1 N–H and O–H groups in total. The molecule has 0 radical (unpaired) electrons. The normalized spacial score (nSPS) is 11.7. The van der Waals surface area contributed by atoms with Crippen LogP contribution in [0.5, 0.6) is 0 Å². The van der Waals surface area contributed by atoms with E-state index in [1.807, 2.05) is 0 Å². The lowest BCUT2D eigenvalue weighted by atomic mass is 10.3. The fourth-order valence-electron chi connectivity index (χ4n) is 1.02. The van der Waals surface area contributed by atoms with Gasteiger partial charge in [-0.3, -0.25) is 4.79 Å². The molecular formula is C7H8F3N3O2. The summed E-state index contributed by atoms with van der Waals surface area (Å²) < 4.78 is 36.8. The number of alkyl halides is 3. The van der Waals surface area contributed by atoms with Gasteiger partial charge in [-0.2, -0.15) is 13.2 Å². The van der Waals surface area contributed by atoms with Crippen LogP contribution in [0.2, 0.25) is 0 Å². The number of aromatic nitrogens is 3. The third-order valence-corrected chi connectivity index (χ3v) is 1.61. The summed E-state index contributed by atoms with van der Waals surface area (Å²) in [5.74, 6) is -1.06. The number of carbonyl (C=O) groups is 1. The second kappa shape index (κ2) is 4.28. The lowest BCUT2D eigenvalue weighted by Gasteiger charge is -2.08. The topological polar surface area (TPSA) is 68.0 Å². The number of aryl methyl sites for hydroxylation is 1. The predicted molar refractivity (Wildman–Crippen MR) is 42.0 cm³/mol. The third-order valence-electron chi connectivity index (χ3n) is 1.61. The second-order valence-corrected chi connectivity index (χ2v) is 2.88. The van der Waals surface area contributed by atoms with Crippen molar-refractivity contribution in [3.8, 4) is 0 Å². The van der Waals surface area contributed by atoms with E-state index in [0.717, 1.165) is 10.9 Å². The quantitative estimate of drug-likeness (QED) is 0.821. The van der Waals surface area contributed by atoms with Crippen LogP contribution in [0.3, 0.4) is 0 Å². The molecule has 0 aromatic carbocycles. The van der Waals surface area contributed by atoms with Gasteiger partial charge >= 0.3 is 12.1 Å². The molecule has 0 fully saturated rings. The molecule has 0 aliphatic carbocycles. The first kappa shape index (κ1) is 11.5. The molecule has 1 aromatic rings. The van der Waals surface area contributed by atoms with Crippen molar-refractivity contribution in [3.05, 3.63) is 12.2 Å². The summed E-state index contributed by atoms with van der Waals surface area (Å²) in [7, 11) is 0. The Bertz CT molecular complexity index is 347. The van der Waals surface area contributed by atoms with Crippen molar-refractivity contribution in [2.75, 3.05) is 0 Å². The zero-order valence-electron chi connectivity index (χ0n) is 7.53. The summed E-state index contributed by atoms with van der Waals surface area (Å²) in [6.07, 6.45) is -3.76. The van der Waals surface area contributed by atoms with Gasteiger partial charge in [0.2, 0.25) is 0 Å². The first-order valence-corrected chi connectivity index (χ1v) is 4.04. The average Bonchev–Trinajstić information content (AvgIpc) is 2.45. The van der Waals surface area contributed by atoms with Crippen molar-refractivity contribution >= 4 is 5.97 Å². The van der Waals surface area contributed by atoms with Gasteiger partial charge in [-0.05, 0) is 0 Å². The minimum absolute atomic E-state index is 0.0229. The van der Waals surface area contributed by atoms with Crippen LogP contribution in [0.1, 0.15) is 12.2 Å². The average molecular weight is 223 g/mol. The Balaban J connectivity index is 2.65. The largest absolute Gasteiger partial charge is 0.481 e. The van der Waals surface area contributed by atoms with Crippen molar-refractivity contribution in [1.29, 1.82) is 0 Å². The maximum atomic E-state index is 12.0. The van der Waals surface area contributed by atoms with Crippen LogP contribution in [0.25, 0.3) is 0 Å². The molecule has 0 saturated heterocycles. The fourth-order valence-corrected chi connectivity index (χ4v) is 1.02. The van der Waals surface area contributed by atoms with E-state index >= 15 is 0 Å². The van der Waals surface area contributed by atoms with Gasteiger partial charge in [-0.25, -0.2) is 0 Å². The molecule has 1 heterocycles. The molecule has 1 rings (SSSR count).